The molecule has 0 unspecified atom stereocenters. The van der Waals surface area contributed by atoms with E-state index in [1.165, 1.54) is 6.07 Å². The van der Waals surface area contributed by atoms with E-state index < -0.39 is 0 Å². The third-order valence-corrected chi connectivity index (χ3v) is 3.48. The Hall–Kier alpha value is -2.69. The van der Waals surface area contributed by atoms with Crippen LogP contribution in [0.3, 0.4) is 0 Å². The van der Waals surface area contributed by atoms with Crippen LogP contribution in [-0.4, -0.2) is 24.7 Å². The van der Waals surface area contributed by atoms with Crippen molar-refractivity contribution in [2.45, 2.75) is 20.3 Å². The zero-order valence-electron chi connectivity index (χ0n) is 14.2. The first-order chi connectivity index (χ1) is 11.5. The van der Waals surface area contributed by atoms with E-state index in [9.17, 15) is 9.90 Å². The summed E-state index contributed by atoms with van der Waals surface area (Å²) >= 11 is 0. The summed E-state index contributed by atoms with van der Waals surface area (Å²) < 4.78 is 11.0. The average molecular weight is 329 g/mol. The molecule has 0 aromatic heterocycles. The van der Waals surface area contributed by atoms with Crippen LogP contribution < -0.4 is 14.8 Å². The molecule has 0 aliphatic heterocycles. The van der Waals surface area contributed by atoms with Crippen LogP contribution in [0, 0.1) is 5.92 Å². The van der Waals surface area contributed by atoms with Crippen LogP contribution in [0.1, 0.15) is 30.6 Å². The van der Waals surface area contributed by atoms with Crippen LogP contribution in [0.25, 0.3) is 0 Å². The van der Waals surface area contributed by atoms with E-state index in [0.717, 1.165) is 6.42 Å². The van der Waals surface area contributed by atoms with Crippen molar-refractivity contribution in [3.8, 4) is 17.2 Å². The quantitative estimate of drug-likeness (QED) is 0.803. The second-order valence-corrected chi connectivity index (χ2v) is 5.90. The predicted octanol–water partition coefficient (Wildman–Crippen LogP) is 4.08. The Labute approximate surface area is 142 Å². The number of methoxy groups -OCH3 is 1. The molecule has 0 radical (unpaired) electrons. The van der Waals surface area contributed by atoms with Crippen molar-refractivity contribution in [1.29, 1.82) is 0 Å². The lowest BCUT2D eigenvalue weighted by Gasteiger charge is -2.13. The molecule has 0 heterocycles. The summed E-state index contributed by atoms with van der Waals surface area (Å²) in [5.41, 5.74) is 0.975. The molecule has 0 spiro atoms. The fraction of sp³-hybridized carbons (Fsp3) is 0.316. The Morgan fingerprint density at radius 2 is 1.96 bits per heavy atom. The predicted molar refractivity (Wildman–Crippen MR) is 94.0 cm³/mol. The Bertz CT molecular complexity index is 698. The topological polar surface area (TPSA) is 67.8 Å². The summed E-state index contributed by atoms with van der Waals surface area (Å²) in [7, 11) is 1.54. The largest absolute Gasteiger partial charge is 0.508 e. The van der Waals surface area contributed by atoms with E-state index in [0.29, 0.717) is 35.3 Å². The molecule has 0 aliphatic rings. The second-order valence-electron chi connectivity index (χ2n) is 5.90. The van der Waals surface area contributed by atoms with E-state index in [1.54, 1.807) is 43.5 Å². The third kappa shape index (κ3) is 4.91. The fourth-order valence-corrected chi connectivity index (χ4v) is 2.12. The smallest absolute Gasteiger partial charge is 0.255 e. The van der Waals surface area contributed by atoms with Crippen LogP contribution >= 0.6 is 0 Å². The van der Waals surface area contributed by atoms with E-state index in [4.69, 9.17) is 9.47 Å². The zero-order valence-corrected chi connectivity index (χ0v) is 14.2. The lowest BCUT2D eigenvalue weighted by Crippen LogP contribution is -2.12. The van der Waals surface area contributed by atoms with Crippen LogP contribution in [0.2, 0.25) is 0 Å². The molecule has 2 N–H and O–H groups in total. The van der Waals surface area contributed by atoms with Gasteiger partial charge < -0.3 is 19.9 Å². The van der Waals surface area contributed by atoms with Crippen LogP contribution in [0.5, 0.6) is 17.2 Å². The molecule has 24 heavy (non-hydrogen) atoms. The highest BCUT2D eigenvalue weighted by Gasteiger charge is 2.12. The molecule has 5 heteroatoms. The minimum atomic E-state index is -0.285. The number of carbonyl (C=O) groups is 1. The number of ether oxygens (including phenoxy) is 2. The molecule has 0 aliphatic carbocycles. The fourth-order valence-electron chi connectivity index (χ4n) is 2.12. The van der Waals surface area contributed by atoms with E-state index in [2.05, 4.69) is 19.2 Å². The van der Waals surface area contributed by atoms with Gasteiger partial charge >= 0.3 is 0 Å². The number of benzene rings is 2. The second kappa shape index (κ2) is 8.24. The highest BCUT2D eigenvalue weighted by Crippen LogP contribution is 2.29. The van der Waals surface area contributed by atoms with Gasteiger partial charge in [-0.25, -0.2) is 0 Å². The summed E-state index contributed by atoms with van der Waals surface area (Å²) in [4.78, 5) is 12.3. The number of amides is 1. The van der Waals surface area contributed by atoms with Gasteiger partial charge in [-0.05, 0) is 42.7 Å². The van der Waals surface area contributed by atoms with Gasteiger partial charge in [0.15, 0.2) is 11.5 Å². The number of phenolic OH excluding ortho intramolecular Hbond substituents is 1. The minimum Gasteiger partial charge on any atom is -0.508 e. The van der Waals surface area contributed by atoms with Crippen molar-refractivity contribution >= 4 is 11.6 Å². The molecule has 0 bridgehead atoms. The van der Waals surface area contributed by atoms with Gasteiger partial charge in [0, 0.05) is 17.3 Å². The summed E-state index contributed by atoms with van der Waals surface area (Å²) in [6.45, 7) is 4.87. The Balaban J connectivity index is 2.08. The minimum absolute atomic E-state index is 0.0966. The van der Waals surface area contributed by atoms with Gasteiger partial charge in [-0.1, -0.05) is 19.9 Å². The summed E-state index contributed by atoms with van der Waals surface area (Å²) in [5.74, 6) is 1.50. The van der Waals surface area contributed by atoms with Gasteiger partial charge in [-0.2, -0.15) is 0 Å². The molecule has 1 amide bonds. The van der Waals surface area contributed by atoms with Crippen molar-refractivity contribution < 1.29 is 19.4 Å². The number of anilines is 1. The molecule has 5 nitrogen and oxygen atoms in total. The van der Waals surface area contributed by atoms with Crippen molar-refractivity contribution in [2.24, 2.45) is 5.92 Å². The lowest BCUT2D eigenvalue weighted by atomic mass is 10.1. The molecule has 0 saturated carbocycles. The number of hydrogen-bond donors (Lipinski definition) is 2. The summed E-state index contributed by atoms with van der Waals surface area (Å²) in [6, 6.07) is 11.5. The van der Waals surface area contributed by atoms with Gasteiger partial charge in [0.1, 0.15) is 5.75 Å². The van der Waals surface area contributed by atoms with Crippen LogP contribution in [0.4, 0.5) is 5.69 Å². The van der Waals surface area contributed by atoms with Crippen molar-refractivity contribution in [3.63, 3.8) is 0 Å². The molecule has 128 valence electrons. The van der Waals surface area contributed by atoms with Gasteiger partial charge in [0.25, 0.3) is 5.91 Å². The normalized spacial score (nSPS) is 10.5. The maximum absolute atomic E-state index is 12.3. The Morgan fingerprint density at radius 1 is 1.17 bits per heavy atom. The maximum atomic E-state index is 12.3. The number of nitrogens with one attached hydrogen (secondary N) is 1. The molecule has 2 aromatic carbocycles. The van der Waals surface area contributed by atoms with Crippen molar-refractivity contribution in [3.05, 3.63) is 48.0 Å². The Kier molecular flexibility index (Phi) is 6.07. The maximum Gasteiger partial charge on any atom is 0.255 e. The first-order valence-corrected chi connectivity index (χ1v) is 7.91. The van der Waals surface area contributed by atoms with Crippen molar-refractivity contribution in [1.82, 2.24) is 0 Å². The molecule has 0 fully saturated rings. The highest BCUT2D eigenvalue weighted by molar-refractivity contribution is 6.04. The number of aromatic hydroxyl groups is 1. The van der Waals surface area contributed by atoms with Gasteiger partial charge in [-0.15, -0.1) is 0 Å². The van der Waals surface area contributed by atoms with Gasteiger partial charge in [0.05, 0.1) is 13.7 Å². The summed E-state index contributed by atoms with van der Waals surface area (Å²) in [5, 5.41) is 12.2. The van der Waals surface area contributed by atoms with Crippen LogP contribution in [-0.2, 0) is 0 Å². The highest BCUT2D eigenvalue weighted by atomic mass is 16.5. The molecule has 0 atom stereocenters. The average Bonchev–Trinajstić information content (AvgIpc) is 2.54. The first kappa shape index (κ1) is 17.7. The molecule has 2 aromatic rings. The van der Waals surface area contributed by atoms with Gasteiger partial charge in [-0.3, -0.25) is 4.79 Å². The summed E-state index contributed by atoms with van der Waals surface area (Å²) in [6.07, 6.45) is 0.947. The molecule has 2 rings (SSSR count). The number of phenols is 1. The lowest BCUT2D eigenvalue weighted by molar-refractivity contribution is 0.102. The first-order valence-electron chi connectivity index (χ1n) is 7.91. The van der Waals surface area contributed by atoms with Crippen LogP contribution in [0.15, 0.2) is 42.5 Å². The Morgan fingerprint density at radius 3 is 2.62 bits per heavy atom. The number of carbonyl (C=O) groups excluding carboxylic acids is 1. The standard InChI is InChI=1S/C19H23NO4/c1-13(2)9-10-24-17-8-7-14(11-18(17)23-3)19(22)20-15-5-4-6-16(21)12-15/h4-8,11-13,21H,9-10H2,1-3H3,(H,20,22). The zero-order chi connectivity index (χ0) is 17.5. The monoisotopic (exact) mass is 329 g/mol. The van der Waals surface area contributed by atoms with Gasteiger partial charge in [0.2, 0.25) is 0 Å². The molecular weight excluding hydrogens is 306 g/mol. The SMILES string of the molecule is COc1cc(C(=O)Nc2cccc(O)c2)ccc1OCCC(C)C. The number of hydrogen-bond acceptors (Lipinski definition) is 4. The van der Waals surface area contributed by atoms with E-state index in [-0.39, 0.29) is 11.7 Å². The molecular formula is C19H23NO4. The van der Waals surface area contributed by atoms with E-state index >= 15 is 0 Å². The molecule has 0 saturated heterocycles. The van der Waals surface area contributed by atoms with E-state index in [1.807, 2.05) is 0 Å². The number of rotatable bonds is 7. The third-order valence-electron chi connectivity index (χ3n) is 3.48. The van der Waals surface area contributed by atoms with Crippen molar-refractivity contribution in [2.75, 3.05) is 19.0 Å².